The van der Waals surface area contributed by atoms with Crippen LogP contribution < -0.4 is 16.4 Å². The van der Waals surface area contributed by atoms with Crippen molar-refractivity contribution >= 4 is 23.0 Å². The number of hydrogen-bond donors (Lipinski definition) is 3. The second-order valence-corrected chi connectivity index (χ2v) is 5.19. The van der Waals surface area contributed by atoms with Crippen LogP contribution in [0, 0.1) is 6.92 Å². The van der Waals surface area contributed by atoms with Crippen LogP contribution in [0.3, 0.4) is 0 Å². The van der Waals surface area contributed by atoms with Crippen molar-refractivity contribution in [3.05, 3.63) is 66.2 Å². The highest BCUT2D eigenvalue weighted by molar-refractivity contribution is 5.77. The predicted molar refractivity (Wildman–Crippen MR) is 92.5 cm³/mol. The standard InChI is InChI=1S/C17H18N6/c1-12-4-2-6-14(8-12)23-17-15(18)16(21-11-22-17)20-10-13-5-3-7-19-9-13/h2-9,11H,10,18H2,1H3,(H2,20,21,22,23). The smallest absolute Gasteiger partial charge is 0.159 e. The number of nitrogens with two attached hydrogens (primary N) is 1. The molecule has 0 saturated carbocycles. The Kier molecular flexibility index (Phi) is 4.33. The van der Waals surface area contributed by atoms with Crippen LogP contribution in [0.4, 0.5) is 23.0 Å². The Morgan fingerprint density at radius 1 is 1.09 bits per heavy atom. The molecule has 0 saturated heterocycles. The Bertz CT molecular complexity index is 788. The van der Waals surface area contributed by atoms with Crippen LogP contribution in [0.15, 0.2) is 55.1 Å². The molecule has 3 aromatic rings. The van der Waals surface area contributed by atoms with E-state index in [1.165, 1.54) is 6.33 Å². The summed E-state index contributed by atoms with van der Waals surface area (Å²) in [5.41, 5.74) is 9.81. The van der Waals surface area contributed by atoms with Crippen molar-refractivity contribution in [2.75, 3.05) is 16.4 Å². The molecule has 23 heavy (non-hydrogen) atoms. The van der Waals surface area contributed by atoms with Gasteiger partial charge in [0.2, 0.25) is 0 Å². The SMILES string of the molecule is Cc1cccc(Nc2ncnc(NCc3cccnc3)c2N)c1. The minimum Gasteiger partial charge on any atom is -0.393 e. The van der Waals surface area contributed by atoms with Crippen LogP contribution in [0.2, 0.25) is 0 Å². The summed E-state index contributed by atoms with van der Waals surface area (Å²) in [5.74, 6) is 1.18. The first-order valence-corrected chi connectivity index (χ1v) is 7.29. The molecule has 116 valence electrons. The molecular weight excluding hydrogens is 288 g/mol. The van der Waals surface area contributed by atoms with E-state index in [0.717, 1.165) is 16.8 Å². The van der Waals surface area contributed by atoms with Gasteiger partial charge in [0.25, 0.3) is 0 Å². The highest BCUT2D eigenvalue weighted by atomic mass is 15.1. The number of aromatic nitrogens is 3. The summed E-state index contributed by atoms with van der Waals surface area (Å²) < 4.78 is 0. The average molecular weight is 306 g/mol. The van der Waals surface area contributed by atoms with E-state index >= 15 is 0 Å². The summed E-state index contributed by atoms with van der Waals surface area (Å²) in [5, 5.41) is 6.43. The summed E-state index contributed by atoms with van der Waals surface area (Å²) in [6, 6.07) is 11.9. The van der Waals surface area contributed by atoms with Crippen LogP contribution >= 0.6 is 0 Å². The maximum atomic E-state index is 6.17. The first-order valence-electron chi connectivity index (χ1n) is 7.29. The zero-order valence-corrected chi connectivity index (χ0v) is 12.8. The van der Waals surface area contributed by atoms with E-state index in [9.17, 15) is 0 Å². The minimum atomic E-state index is 0.484. The second kappa shape index (κ2) is 6.74. The van der Waals surface area contributed by atoms with Gasteiger partial charge in [-0.25, -0.2) is 9.97 Å². The highest BCUT2D eigenvalue weighted by Crippen LogP contribution is 2.26. The van der Waals surface area contributed by atoms with E-state index in [4.69, 9.17) is 5.73 Å². The van der Waals surface area contributed by atoms with E-state index in [1.807, 2.05) is 43.3 Å². The third-order valence-corrected chi connectivity index (χ3v) is 3.35. The number of rotatable bonds is 5. The minimum absolute atomic E-state index is 0.484. The van der Waals surface area contributed by atoms with Gasteiger partial charge in [-0.05, 0) is 36.2 Å². The molecule has 0 aliphatic heterocycles. The molecule has 0 aliphatic carbocycles. The van der Waals surface area contributed by atoms with Gasteiger partial charge in [-0.1, -0.05) is 18.2 Å². The molecule has 0 aliphatic rings. The third kappa shape index (κ3) is 3.74. The number of hydrogen-bond acceptors (Lipinski definition) is 6. The fourth-order valence-corrected chi connectivity index (χ4v) is 2.18. The zero-order chi connectivity index (χ0) is 16.1. The van der Waals surface area contributed by atoms with Crippen molar-refractivity contribution < 1.29 is 0 Å². The lowest BCUT2D eigenvalue weighted by atomic mass is 10.2. The molecule has 0 radical (unpaired) electrons. The van der Waals surface area contributed by atoms with Crippen LogP contribution in [0.1, 0.15) is 11.1 Å². The molecule has 0 atom stereocenters. The van der Waals surface area contributed by atoms with Gasteiger partial charge in [-0.3, -0.25) is 4.98 Å². The molecule has 1 aromatic carbocycles. The highest BCUT2D eigenvalue weighted by Gasteiger charge is 2.08. The van der Waals surface area contributed by atoms with Crippen molar-refractivity contribution in [2.24, 2.45) is 0 Å². The Morgan fingerprint density at radius 3 is 2.74 bits per heavy atom. The van der Waals surface area contributed by atoms with Gasteiger partial charge in [-0.15, -0.1) is 0 Å². The molecule has 0 fully saturated rings. The van der Waals surface area contributed by atoms with Crippen molar-refractivity contribution in [1.82, 2.24) is 15.0 Å². The number of nitrogens with one attached hydrogen (secondary N) is 2. The Labute approximate surface area is 134 Å². The van der Waals surface area contributed by atoms with Gasteiger partial charge in [0.15, 0.2) is 11.6 Å². The summed E-state index contributed by atoms with van der Waals surface area (Å²) in [6.45, 7) is 2.63. The average Bonchev–Trinajstić information content (AvgIpc) is 2.57. The Morgan fingerprint density at radius 2 is 1.96 bits per heavy atom. The van der Waals surface area contributed by atoms with E-state index in [0.29, 0.717) is 23.9 Å². The summed E-state index contributed by atoms with van der Waals surface area (Å²) >= 11 is 0. The third-order valence-electron chi connectivity index (χ3n) is 3.35. The van der Waals surface area contributed by atoms with Crippen LogP contribution in [0.25, 0.3) is 0 Å². The van der Waals surface area contributed by atoms with E-state index in [1.54, 1.807) is 12.4 Å². The summed E-state index contributed by atoms with van der Waals surface area (Å²) in [4.78, 5) is 12.5. The van der Waals surface area contributed by atoms with Crippen LogP contribution in [-0.2, 0) is 6.54 Å². The summed E-state index contributed by atoms with van der Waals surface area (Å²) in [6.07, 6.45) is 5.03. The molecule has 0 amide bonds. The topological polar surface area (TPSA) is 88.8 Å². The lowest BCUT2D eigenvalue weighted by molar-refractivity contribution is 1.07. The molecule has 4 N–H and O–H groups in total. The number of nitrogen functional groups attached to an aromatic ring is 1. The number of nitrogens with zero attached hydrogens (tertiary/aromatic N) is 3. The maximum Gasteiger partial charge on any atom is 0.159 e. The summed E-state index contributed by atoms with van der Waals surface area (Å²) in [7, 11) is 0. The van der Waals surface area contributed by atoms with E-state index in [2.05, 4.69) is 25.6 Å². The second-order valence-electron chi connectivity index (χ2n) is 5.19. The zero-order valence-electron chi connectivity index (χ0n) is 12.8. The quantitative estimate of drug-likeness (QED) is 0.671. The number of pyridine rings is 1. The van der Waals surface area contributed by atoms with Gasteiger partial charge >= 0.3 is 0 Å². The predicted octanol–water partition coefficient (Wildman–Crippen LogP) is 3.12. The molecule has 2 heterocycles. The molecule has 3 rings (SSSR count). The van der Waals surface area contributed by atoms with Crippen molar-refractivity contribution in [3.8, 4) is 0 Å². The largest absolute Gasteiger partial charge is 0.393 e. The number of anilines is 4. The first-order chi connectivity index (χ1) is 11.2. The fraction of sp³-hybridized carbons (Fsp3) is 0.118. The Hall–Kier alpha value is -3.15. The molecule has 6 nitrogen and oxygen atoms in total. The molecule has 0 unspecified atom stereocenters. The molecular formula is C17H18N6. The van der Waals surface area contributed by atoms with Crippen molar-refractivity contribution in [2.45, 2.75) is 13.5 Å². The Balaban J connectivity index is 1.75. The van der Waals surface area contributed by atoms with Gasteiger partial charge in [0.1, 0.15) is 12.0 Å². The monoisotopic (exact) mass is 306 g/mol. The lowest BCUT2D eigenvalue weighted by Gasteiger charge is -2.12. The lowest BCUT2D eigenvalue weighted by Crippen LogP contribution is -2.08. The van der Waals surface area contributed by atoms with Gasteiger partial charge in [0.05, 0.1) is 0 Å². The van der Waals surface area contributed by atoms with E-state index in [-0.39, 0.29) is 0 Å². The van der Waals surface area contributed by atoms with Crippen molar-refractivity contribution in [1.29, 1.82) is 0 Å². The van der Waals surface area contributed by atoms with Crippen LogP contribution in [0.5, 0.6) is 0 Å². The molecule has 2 aromatic heterocycles. The van der Waals surface area contributed by atoms with E-state index < -0.39 is 0 Å². The van der Waals surface area contributed by atoms with Gasteiger partial charge in [0, 0.05) is 24.6 Å². The first kappa shape index (κ1) is 14.8. The van der Waals surface area contributed by atoms with Gasteiger partial charge in [-0.2, -0.15) is 0 Å². The van der Waals surface area contributed by atoms with Crippen molar-refractivity contribution in [3.63, 3.8) is 0 Å². The van der Waals surface area contributed by atoms with Gasteiger partial charge < -0.3 is 16.4 Å². The number of benzene rings is 1. The molecule has 0 spiro atoms. The maximum absolute atomic E-state index is 6.17. The number of aryl methyl sites for hydroxylation is 1. The van der Waals surface area contributed by atoms with Crippen LogP contribution in [-0.4, -0.2) is 15.0 Å². The molecule has 6 heteroatoms. The molecule has 0 bridgehead atoms. The fourth-order valence-electron chi connectivity index (χ4n) is 2.18. The normalized spacial score (nSPS) is 10.3.